The Bertz CT molecular complexity index is 7610. The first-order chi connectivity index (χ1) is 65.2. The van der Waals surface area contributed by atoms with Crippen molar-refractivity contribution in [1.29, 1.82) is 0 Å². The smallest absolute Gasteiger partial charge is 0.411 e. The van der Waals surface area contributed by atoms with Gasteiger partial charge in [-0.3, -0.25) is 33.6 Å². The number of benzene rings is 11. The summed E-state index contributed by atoms with van der Waals surface area (Å²) < 4.78 is 148. The molecule has 11 aromatic rings. The van der Waals surface area contributed by atoms with Crippen LogP contribution in [0, 0.1) is 0 Å². The summed E-state index contributed by atoms with van der Waals surface area (Å²) in [5.74, 6) is -13.5. The third kappa shape index (κ3) is 15.6. The molecule has 32 nitrogen and oxygen atoms in total. The van der Waals surface area contributed by atoms with Gasteiger partial charge in [-0.2, -0.15) is 26.3 Å². The van der Waals surface area contributed by atoms with Gasteiger partial charge in [0.1, 0.15) is 17.3 Å². The molecule has 0 saturated carbocycles. The molecule has 39 heteroatoms. The quantitative estimate of drug-likeness (QED) is 0.0461. The van der Waals surface area contributed by atoms with Gasteiger partial charge in [0.05, 0.1) is 107 Å². The van der Waals surface area contributed by atoms with Gasteiger partial charge in [-0.1, -0.05) is 86.5 Å². The van der Waals surface area contributed by atoms with Gasteiger partial charge in [-0.25, -0.2) is 75.5 Å². The number of ether oxygens (including phenoxy) is 8. The maximum Gasteiger partial charge on any atom is 0.411 e. The second-order valence-corrected chi connectivity index (χ2v) is 33.0. The van der Waals surface area contributed by atoms with Crippen molar-refractivity contribution in [1.82, 2.24) is 0 Å². The molecule has 682 valence electrons. The summed E-state index contributed by atoms with van der Waals surface area (Å²) >= 11 is 0. The Morgan fingerprint density at radius 1 is 0.261 bits per heavy atom. The zero-order valence-electron chi connectivity index (χ0n) is 69.1. The van der Waals surface area contributed by atoms with Crippen molar-refractivity contribution in [3.05, 3.63) is 370 Å². The number of aromatic carboxylic acids is 1. The van der Waals surface area contributed by atoms with E-state index in [2.05, 4.69) is 48.2 Å². The molecule has 0 spiro atoms. The van der Waals surface area contributed by atoms with Gasteiger partial charge in [-0.05, 0) is 167 Å². The molecule has 1 N–H and O–H groups in total. The predicted octanol–water partition coefficient (Wildman–Crippen LogP) is 14.9. The number of hydrogen-bond donors (Lipinski definition) is 1. The number of rotatable bonds is 9. The topological polar surface area (TPSA) is 487 Å². The van der Waals surface area contributed by atoms with E-state index < -0.39 is 145 Å². The van der Waals surface area contributed by atoms with Crippen LogP contribution in [0.3, 0.4) is 0 Å². The molecule has 0 radical (unpaired) electrons. The highest BCUT2D eigenvalue weighted by Crippen LogP contribution is 2.57. The number of carbonyl (C=O) groups excluding carboxylic acids is 20. The molecule has 8 heterocycles. The van der Waals surface area contributed by atoms with Crippen molar-refractivity contribution in [2.45, 2.75) is 46.8 Å². The highest BCUT2D eigenvalue weighted by atomic mass is 32.2. The minimum atomic E-state index is -5.96. The molecule has 3 aliphatic carbocycles. The summed E-state index contributed by atoms with van der Waals surface area (Å²) in [7, 11) is -4.02. The van der Waals surface area contributed by atoms with Crippen LogP contribution in [0.5, 0.6) is 0 Å². The second-order valence-electron chi connectivity index (χ2n) is 31.0. The fraction of sp³-hybridized carbons (Fsp3) is 0.0606. The van der Waals surface area contributed by atoms with Crippen LogP contribution >= 0.6 is 0 Å². The first-order valence-electron chi connectivity index (χ1n) is 39.7. The highest BCUT2D eigenvalue weighted by Gasteiger charge is 2.73. The van der Waals surface area contributed by atoms with Crippen molar-refractivity contribution in [3.8, 4) is 22.3 Å². The summed E-state index contributed by atoms with van der Waals surface area (Å²) in [5, 5.41) is 8.67. The molecule has 0 atom stereocenters. The summed E-state index contributed by atoms with van der Waals surface area (Å²) in [5.41, 5.74) is -1.60. The van der Waals surface area contributed by atoms with E-state index in [0.29, 0.717) is 91.7 Å². The highest BCUT2D eigenvalue weighted by molar-refractivity contribution is 7.91. The number of fused-ring (bicyclic) bond motifs is 11. The van der Waals surface area contributed by atoms with Crippen molar-refractivity contribution in [2.75, 3.05) is 0 Å². The lowest BCUT2D eigenvalue weighted by Gasteiger charge is -2.38. The molecule has 11 aromatic carbocycles. The van der Waals surface area contributed by atoms with Crippen LogP contribution < -0.4 is 0 Å². The molecule has 0 unspecified atom stereocenters. The molecule has 0 bridgehead atoms. The maximum atomic E-state index is 14.3. The average Bonchev–Trinajstić information content (AvgIpc) is 1.44. The fourth-order valence-corrected chi connectivity index (χ4v) is 17.6. The zero-order chi connectivity index (χ0) is 99.0. The van der Waals surface area contributed by atoms with E-state index in [1.54, 1.807) is 66.7 Å². The lowest BCUT2D eigenvalue weighted by atomic mass is 9.71. The summed E-state index contributed by atoms with van der Waals surface area (Å²) in [6.45, 7) is 10.6. The van der Waals surface area contributed by atoms with Crippen molar-refractivity contribution >= 4 is 151 Å². The number of cyclic esters (lactones) is 13. The van der Waals surface area contributed by atoms with E-state index in [9.17, 15) is 135 Å². The van der Waals surface area contributed by atoms with Crippen LogP contribution in [-0.2, 0) is 53.1 Å². The van der Waals surface area contributed by atoms with Gasteiger partial charge >= 0.3 is 95.9 Å². The van der Waals surface area contributed by atoms with Crippen molar-refractivity contribution in [3.63, 3.8) is 0 Å². The van der Waals surface area contributed by atoms with E-state index in [-0.39, 0.29) is 159 Å². The van der Waals surface area contributed by atoms with E-state index in [4.69, 9.17) is 14.6 Å². The Kier molecular flexibility index (Phi) is 22.2. The SMILES string of the molecule is C=C1OC(=O)c2cc(-c3ccc4c(c3)C(=O)OC4=O)ccc21.C=C1OC(=O)c2cc(C(c3ccc4c(c3)C(=O)OC4=O)(C(F)(F)F)C(F)(F)F)ccc21.C=C1OC(=O)c2cc(S(=O)(=O)c3ccc4c(c3)C(=O)OC4=O)ccc21.O=C(O)c1ccc2c(c1)C(=O)CC2=O.O=C(c1ccc2c(c1)C(=O)CC2=O)c1ccc2c(c1)C(=O)OC2=O.O=C1CC(=O)c2cc(-c3cccc4c3C(=O)OC4=O)ccc21. The predicted molar refractivity (Wildman–Crippen MR) is 449 cm³/mol. The number of hydrogen-bond acceptors (Lipinski definition) is 31. The summed E-state index contributed by atoms with van der Waals surface area (Å²) in [4.78, 5) is 243. The number of sulfone groups is 1. The number of Topliss-reactive ketones (excluding diaryl/α,β-unsaturated/α-hetero) is 6. The molecular weight excluding hydrogens is 1850 g/mol. The molecule has 11 aliphatic rings. The lowest BCUT2D eigenvalue weighted by Crippen LogP contribution is -2.55. The molecular formula is C99H46F6O32S. The molecule has 0 amide bonds. The molecule has 138 heavy (non-hydrogen) atoms. The Morgan fingerprint density at radius 3 is 0.971 bits per heavy atom. The second kappa shape index (κ2) is 33.6. The average molecular weight is 1890 g/mol. The Morgan fingerprint density at radius 2 is 0.529 bits per heavy atom. The number of alkyl halides is 6. The van der Waals surface area contributed by atoms with Crippen LogP contribution in [0.1, 0.15) is 270 Å². The Labute approximate surface area is 765 Å². The standard InChI is InChI=1S/C20H8F6O5.C18H8O6.C17H8O7S.2C17H8O5.C10H6O4/c1-8-11-4-2-9(6-13(11)16(28)30-8)18(19(21,22)23,20(24,25)26)10-3-5-12-14(7-10)17(29)31-15(12)27;19-14-7-15(20)12-5-8(1-3-10(12)14)16(21)9-2-4-11-13(6-9)18(23)24-17(11)22;1-8-11-4-2-9(6-13(11)16(19)23-8)25(21,22)10-3-5-12-14(7-10)17(20)24-15(12)18;1-8-11-4-2-9(6-13(11)16(19)21-8)10-3-5-12-14(7-10)17(20)22-15(12)18;18-13-7-14(19)12-6-8(4-5-10(12)13)9-2-1-3-11-15(9)17(21)22-16(11)20;11-8-4-9(12)7-3-5(10(13)14)1-2-6(7)8/h2-7H,1H2;1-6H,7H2;2-7H,1H2;2-7H,1H2;1-6H,7H2;1-3H,4H2,(H,13,14). The normalized spacial score (nSPS) is 15.6. The summed E-state index contributed by atoms with van der Waals surface area (Å²) in [6, 6.07) is 42.9. The van der Waals surface area contributed by atoms with E-state index >= 15 is 0 Å². The van der Waals surface area contributed by atoms with E-state index in [1.807, 2.05) is 0 Å². The van der Waals surface area contributed by atoms with Gasteiger partial charge < -0.3 is 43.0 Å². The number of carbonyl (C=O) groups is 21. The van der Waals surface area contributed by atoms with Crippen molar-refractivity contribution in [2.24, 2.45) is 0 Å². The third-order valence-corrected chi connectivity index (χ3v) is 24.8. The maximum absolute atomic E-state index is 14.3. The first-order valence-corrected chi connectivity index (χ1v) is 41.2. The number of carboxylic acid groups (broad SMARTS) is 1. The lowest BCUT2D eigenvalue weighted by molar-refractivity contribution is -0.288. The Hall–Kier alpha value is -18.6. The van der Waals surface area contributed by atoms with Gasteiger partial charge in [0, 0.05) is 61.2 Å². The van der Waals surface area contributed by atoms with E-state index in [0.717, 1.165) is 17.7 Å². The zero-order valence-corrected chi connectivity index (χ0v) is 69.9. The van der Waals surface area contributed by atoms with Crippen LogP contribution in [0.15, 0.2) is 230 Å². The Balaban J connectivity index is 0.000000116. The van der Waals surface area contributed by atoms with Crippen LogP contribution in [0.4, 0.5) is 26.3 Å². The van der Waals surface area contributed by atoms with Crippen LogP contribution in [0.2, 0.25) is 0 Å². The summed E-state index contributed by atoms with van der Waals surface area (Å²) in [6.07, 6.45) is -12.4. The minimum absolute atomic E-state index is 0.0118. The first kappa shape index (κ1) is 91.3. The van der Waals surface area contributed by atoms with E-state index in [1.165, 1.54) is 91.0 Å². The van der Waals surface area contributed by atoms with Crippen molar-refractivity contribution < 1.29 is 178 Å². The molecule has 22 rings (SSSR count). The van der Waals surface area contributed by atoms with Gasteiger partial charge in [0.2, 0.25) is 15.3 Å². The van der Waals surface area contributed by atoms with Gasteiger partial charge in [0.15, 0.2) is 40.5 Å². The number of carboxylic acids is 1. The number of ketones is 7. The number of esters is 13. The molecule has 0 fully saturated rings. The molecule has 0 saturated heterocycles. The van der Waals surface area contributed by atoms with Gasteiger partial charge in [0.25, 0.3) is 0 Å². The number of halogens is 6. The van der Waals surface area contributed by atoms with Gasteiger partial charge in [-0.15, -0.1) is 0 Å². The molecule has 8 aliphatic heterocycles. The minimum Gasteiger partial charge on any atom is -0.478 e. The monoisotopic (exact) mass is 1890 g/mol. The van der Waals surface area contributed by atoms with Crippen LogP contribution in [0.25, 0.3) is 39.5 Å². The molecule has 0 aromatic heterocycles. The van der Waals surface area contributed by atoms with Crippen LogP contribution in [-0.4, -0.2) is 150 Å². The fourth-order valence-electron chi connectivity index (χ4n) is 16.3. The largest absolute Gasteiger partial charge is 0.478 e. The third-order valence-electron chi connectivity index (χ3n) is 23.0.